The van der Waals surface area contributed by atoms with Gasteiger partial charge >= 0.3 is 0 Å². The van der Waals surface area contributed by atoms with Crippen LogP contribution in [0.1, 0.15) is 28.8 Å². The lowest BCUT2D eigenvalue weighted by Gasteiger charge is -2.28. The molecule has 0 unspecified atom stereocenters. The number of alkyl halides is 1. The van der Waals surface area contributed by atoms with Crippen LogP contribution >= 0.6 is 23.5 Å². The highest BCUT2D eigenvalue weighted by Crippen LogP contribution is 2.28. The highest BCUT2D eigenvalue weighted by atomic mass is 32.2. The van der Waals surface area contributed by atoms with E-state index in [2.05, 4.69) is 15.0 Å². The maximum atomic E-state index is 16.0. The SMILES string of the molecule is CO[C@H](COCc1ccccc1)[C@@H](OCc1ccccc1)[C@@H](F)c1cnc(C(=NC(=N)SC)SC)[nH]1. The van der Waals surface area contributed by atoms with E-state index >= 15 is 4.39 Å². The molecule has 0 spiro atoms. The molecule has 0 saturated carbocycles. The molecule has 0 aliphatic rings. The number of nitrogens with zero attached hydrogens (tertiary/aromatic N) is 2. The summed E-state index contributed by atoms with van der Waals surface area (Å²) in [7, 11) is 1.52. The van der Waals surface area contributed by atoms with Crippen LogP contribution in [-0.2, 0) is 27.4 Å². The summed E-state index contributed by atoms with van der Waals surface area (Å²) < 4.78 is 33.6. The molecule has 2 aromatic carbocycles. The molecule has 3 rings (SSSR count). The van der Waals surface area contributed by atoms with E-state index in [4.69, 9.17) is 19.6 Å². The molecule has 0 saturated heterocycles. The summed E-state index contributed by atoms with van der Waals surface area (Å²) in [4.78, 5) is 11.5. The maximum Gasteiger partial charge on any atom is 0.180 e. The van der Waals surface area contributed by atoms with Crippen molar-refractivity contribution in [2.45, 2.75) is 31.6 Å². The van der Waals surface area contributed by atoms with Gasteiger partial charge in [-0.25, -0.2) is 14.4 Å². The lowest BCUT2D eigenvalue weighted by atomic mass is 10.1. The number of aromatic amines is 1. The molecule has 0 fully saturated rings. The standard InChI is InChI=1S/C26H31FN4O3S2/c1-32-21(17-33-15-18-10-6-4-7-11-18)23(34-16-19-12-8-5-9-13-19)22(27)20-14-29-24(30-20)25(35-2)31-26(28)36-3/h4-14,21-23,28H,15-17H2,1-3H3,(H,29,30)/t21-,22+,23-/m1/s1. The third-order valence-corrected chi connectivity index (χ3v) is 6.47. The molecule has 10 heteroatoms. The fourth-order valence-corrected chi connectivity index (χ4v) is 4.13. The van der Waals surface area contributed by atoms with E-state index in [-0.39, 0.29) is 24.1 Å². The van der Waals surface area contributed by atoms with Crippen LogP contribution in [0.3, 0.4) is 0 Å². The molecule has 0 amide bonds. The number of aliphatic imine (C=N–C) groups is 1. The van der Waals surface area contributed by atoms with E-state index in [9.17, 15) is 0 Å². The van der Waals surface area contributed by atoms with Gasteiger partial charge in [-0.05, 0) is 23.6 Å². The molecular formula is C26H31FN4O3S2. The van der Waals surface area contributed by atoms with E-state index < -0.39 is 18.4 Å². The third kappa shape index (κ3) is 8.28. The Kier molecular flexibility index (Phi) is 11.6. The lowest BCUT2D eigenvalue weighted by molar-refractivity contribution is -0.125. The number of halogens is 1. The molecule has 3 atom stereocenters. The number of rotatable bonds is 12. The summed E-state index contributed by atoms with van der Waals surface area (Å²) in [6.07, 6.45) is 1.84. The molecule has 192 valence electrons. The number of thioether (sulfide) groups is 2. The van der Waals surface area contributed by atoms with Crippen LogP contribution in [0.25, 0.3) is 0 Å². The normalized spacial score (nSPS) is 14.4. The van der Waals surface area contributed by atoms with E-state index in [1.54, 1.807) is 6.26 Å². The van der Waals surface area contributed by atoms with E-state index in [1.165, 1.54) is 36.8 Å². The van der Waals surface area contributed by atoms with Crippen LogP contribution in [0.15, 0.2) is 71.9 Å². The average molecular weight is 531 g/mol. The van der Waals surface area contributed by atoms with Gasteiger partial charge in [-0.1, -0.05) is 72.4 Å². The first-order valence-corrected chi connectivity index (χ1v) is 13.7. The van der Waals surface area contributed by atoms with Crippen molar-refractivity contribution in [3.8, 4) is 0 Å². The van der Waals surface area contributed by atoms with Crippen molar-refractivity contribution in [2.24, 2.45) is 4.99 Å². The zero-order chi connectivity index (χ0) is 25.8. The summed E-state index contributed by atoms with van der Waals surface area (Å²) in [6, 6.07) is 19.4. The average Bonchev–Trinajstić information content (AvgIpc) is 3.41. The zero-order valence-electron chi connectivity index (χ0n) is 20.5. The lowest BCUT2D eigenvalue weighted by Crippen LogP contribution is -2.38. The Labute approximate surface area is 219 Å². The van der Waals surface area contributed by atoms with E-state index in [0.29, 0.717) is 17.5 Å². The van der Waals surface area contributed by atoms with Crippen LogP contribution in [0, 0.1) is 5.41 Å². The summed E-state index contributed by atoms with van der Waals surface area (Å²) >= 11 is 2.55. The number of imidazole rings is 1. The number of hydrogen-bond donors (Lipinski definition) is 2. The van der Waals surface area contributed by atoms with Crippen LogP contribution in [0.5, 0.6) is 0 Å². The van der Waals surface area contributed by atoms with Crippen molar-refractivity contribution in [3.05, 3.63) is 89.5 Å². The Balaban J connectivity index is 1.77. The Morgan fingerprint density at radius 2 is 1.67 bits per heavy atom. The van der Waals surface area contributed by atoms with Gasteiger partial charge in [-0.3, -0.25) is 5.41 Å². The smallest absolute Gasteiger partial charge is 0.180 e. The molecule has 3 aromatic rings. The minimum absolute atomic E-state index is 0.146. The maximum absolute atomic E-state index is 16.0. The van der Waals surface area contributed by atoms with Gasteiger partial charge in [0, 0.05) is 7.11 Å². The zero-order valence-corrected chi connectivity index (χ0v) is 22.2. The number of aromatic nitrogens is 2. The molecule has 0 radical (unpaired) electrons. The number of benzene rings is 2. The second-order valence-corrected chi connectivity index (χ2v) is 9.35. The van der Waals surface area contributed by atoms with Crippen LogP contribution in [0.2, 0.25) is 0 Å². The molecule has 0 aliphatic carbocycles. The molecule has 7 nitrogen and oxygen atoms in total. The van der Waals surface area contributed by atoms with Crippen LogP contribution in [0.4, 0.5) is 4.39 Å². The molecule has 2 N–H and O–H groups in total. The number of ether oxygens (including phenoxy) is 3. The van der Waals surface area contributed by atoms with Gasteiger partial charge in [0.15, 0.2) is 17.2 Å². The highest BCUT2D eigenvalue weighted by molar-refractivity contribution is 8.15. The Hall–Kier alpha value is -2.50. The Morgan fingerprint density at radius 1 is 1.03 bits per heavy atom. The highest BCUT2D eigenvalue weighted by Gasteiger charge is 2.34. The van der Waals surface area contributed by atoms with Crippen molar-refractivity contribution >= 4 is 33.7 Å². The monoisotopic (exact) mass is 530 g/mol. The fourth-order valence-electron chi connectivity index (χ4n) is 3.41. The predicted molar refractivity (Wildman–Crippen MR) is 146 cm³/mol. The van der Waals surface area contributed by atoms with Gasteiger partial charge in [0.2, 0.25) is 0 Å². The number of nitrogens with one attached hydrogen (secondary N) is 2. The van der Waals surface area contributed by atoms with Gasteiger partial charge in [0.05, 0.1) is 31.7 Å². The molecule has 0 aliphatic heterocycles. The van der Waals surface area contributed by atoms with E-state index in [0.717, 1.165) is 11.1 Å². The fraction of sp³-hybridized carbons (Fsp3) is 0.346. The van der Waals surface area contributed by atoms with E-state index in [1.807, 2.05) is 66.9 Å². The summed E-state index contributed by atoms with van der Waals surface area (Å²) in [6.45, 7) is 0.745. The number of amidine groups is 1. The molecular weight excluding hydrogens is 499 g/mol. The number of H-pyrrole nitrogens is 1. The molecule has 1 heterocycles. The quantitative estimate of drug-likeness (QED) is 0.232. The van der Waals surface area contributed by atoms with Crippen molar-refractivity contribution in [1.82, 2.24) is 9.97 Å². The van der Waals surface area contributed by atoms with Crippen molar-refractivity contribution < 1.29 is 18.6 Å². The molecule has 36 heavy (non-hydrogen) atoms. The minimum Gasteiger partial charge on any atom is -0.376 e. The van der Waals surface area contributed by atoms with Crippen molar-refractivity contribution in [2.75, 3.05) is 26.2 Å². The first-order chi connectivity index (χ1) is 17.5. The second-order valence-electron chi connectivity index (χ2n) is 7.76. The number of methoxy groups -OCH3 is 1. The largest absolute Gasteiger partial charge is 0.376 e. The van der Waals surface area contributed by atoms with Crippen LogP contribution < -0.4 is 0 Å². The van der Waals surface area contributed by atoms with Gasteiger partial charge in [0.1, 0.15) is 17.3 Å². The predicted octanol–water partition coefficient (Wildman–Crippen LogP) is 5.64. The second kappa shape index (κ2) is 14.9. The first kappa shape index (κ1) is 28.1. The van der Waals surface area contributed by atoms with Gasteiger partial charge in [0.25, 0.3) is 0 Å². The summed E-state index contributed by atoms with van der Waals surface area (Å²) in [5.41, 5.74) is 2.18. The third-order valence-electron chi connectivity index (χ3n) is 5.32. The summed E-state index contributed by atoms with van der Waals surface area (Å²) in [5.74, 6) is 0.398. The minimum atomic E-state index is -1.57. The Bertz CT molecular complexity index is 1100. The van der Waals surface area contributed by atoms with Gasteiger partial charge in [-0.2, -0.15) is 0 Å². The first-order valence-electron chi connectivity index (χ1n) is 11.3. The Morgan fingerprint density at radius 3 is 2.25 bits per heavy atom. The van der Waals surface area contributed by atoms with Crippen molar-refractivity contribution in [1.29, 1.82) is 5.41 Å². The van der Waals surface area contributed by atoms with Crippen molar-refractivity contribution in [3.63, 3.8) is 0 Å². The van der Waals surface area contributed by atoms with Gasteiger partial charge in [-0.15, -0.1) is 11.8 Å². The number of hydrogen-bond acceptors (Lipinski definition) is 7. The molecule has 0 bridgehead atoms. The topological polar surface area (TPSA) is 92.6 Å². The summed E-state index contributed by atoms with van der Waals surface area (Å²) in [5, 5.41) is 8.47. The molecule has 1 aromatic heterocycles. The van der Waals surface area contributed by atoms with Gasteiger partial charge < -0.3 is 19.2 Å². The van der Waals surface area contributed by atoms with Crippen LogP contribution in [-0.4, -0.2) is 58.6 Å².